The molecule has 5 nitrogen and oxygen atoms in total. The van der Waals surface area contributed by atoms with Crippen LogP contribution in [0.5, 0.6) is 11.5 Å². The lowest BCUT2D eigenvalue weighted by molar-refractivity contribution is -0.132. The number of halogens is 2. The summed E-state index contributed by atoms with van der Waals surface area (Å²) < 4.78 is 10.6. The van der Waals surface area contributed by atoms with Gasteiger partial charge < -0.3 is 14.4 Å². The minimum Gasteiger partial charge on any atom is -0.497 e. The largest absolute Gasteiger partial charge is 0.497 e. The Hall–Kier alpha value is -2.24. The smallest absolute Gasteiger partial charge is 0.222 e. The molecule has 3 rings (SSSR count). The van der Waals surface area contributed by atoms with Gasteiger partial charge in [0.1, 0.15) is 11.5 Å². The number of carbonyl (C=O) groups is 2. The molecular weight excluding hydrogens is 425 g/mol. The average molecular weight is 450 g/mol. The van der Waals surface area contributed by atoms with E-state index in [2.05, 4.69) is 0 Å². The van der Waals surface area contributed by atoms with Gasteiger partial charge in [-0.05, 0) is 61.2 Å². The Bertz CT molecular complexity index is 923. The molecule has 0 N–H and O–H groups in total. The van der Waals surface area contributed by atoms with E-state index < -0.39 is 0 Å². The number of likely N-dealkylation sites (tertiary alicyclic amines) is 1. The molecule has 1 amide bonds. The third-order valence-corrected chi connectivity index (χ3v) is 6.26. The fourth-order valence-electron chi connectivity index (χ4n) is 3.75. The number of hydrogen-bond acceptors (Lipinski definition) is 4. The molecule has 0 aliphatic carbocycles. The summed E-state index contributed by atoms with van der Waals surface area (Å²) in [6, 6.07) is 10.5. The number of aryl methyl sites for hydroxylation is 1. The Balaban J connectivity index is 1.54. The summed E-state index contributed by atoms with van der Waals surface area (Å²) in [7, 11) is 3.23. The number of nitrogens with zero attached hydrogens (tertiary/aromatic N) is 1. The molecule has 2 aromatic rings. The number of rotatable bonds is 7. The van der Waals surface area contributed by atoms with E-state index in [9.17, 15) is 9.59 Å². The lowest BCUT2D eigenvalue weighted by atomic mass is 9.88. The van der Waals surface area contributed by atoms with Gasteiger partial charge in [0.05, 0.1) is 24.3 Å². The van der Waals surface area contributed by atoms with Crippen molar-refractivity contribution in [2.24, 2.45) is 5.92 Å². The molecule has 1 fully saturated rings. The first-order valence-corrected chi connectivity index (χ1v) is 10.7. The van der Waals surface area contributed by atoms with Gasteiger partial charge in [0.2, 0.25) is 5.91 Å². The van der Waals surface area contributed by atoms with Crippen molar-refractivity contribution in [3.05, 3.63) is 57.6 Å². The van der Waals surface area contributed by atoms with E-state index in [1.807, 2.05) is 23.1 Å². The molecule has 0 aromatic heterocycles. The highest BCUT2D eigenvalue weighted by atomic mass is 35.5. The maximum atomic E-state index is 12.8. The molecule has 7 heteroatoms. The first-order chi connectivity index (χ1) is 14.4. The Morgan fingerprint density at radius 3 is 2.37 bits per heavy atom. The van der Waals surface area contributed by atoms with Crippen LogP contribution in [-0.2, 0) is 11.2 Å². The van der Waals surface area contributed by atoms with Crippen molar-refractivity contribution in [2.45, 2.75) is 25.7 Å². The number of ketones is 1. The Morgan fingerprint density at radius 2 is 1.73 bits per heavy atom. The number of hydrogen-bond donors (Lipinski definition) is 0. The summed E-state index contributed by atoms with van der Waals surface area (Å²) in [5.41, 5.74) is 1.51. The summed E-state index contributed by atoms with van der Waals surface area (Å²) >= 11 is 12.0. The third-order valence-electron chi connectivity index (χ3n) is 5.52. The Morgan fingerprint density at radius 1 is 1.00 bits per heavy atom. The number of ether oxygens (including phenoxy) is 2. The second-order valence-electron chi connectivity index (χ2n) is 7.33. The van der Waals surface area contributed by atoms with Gasteiger partial charge in [-0.15, -0.1) is 0 Å². The Labute approximate surface area is 186 Å². The second kappa shape index (κ2) is 10.2. The highest BCUT2D eigenvalue weighted by molar-refractivity contribution is 6.42. The molecule has 160 valence electrons. The number of carbonyl (C=O) groups excluding carboxylic acids is 2. The van der Waals surface area contributed by atoms with E-state index in [0.29, 0.717) is 54.4 Å². The SMILES string of the molecule is COc1ccc(OC)c(CCC(=O)N2CCC(C(=O)c3ccc(Cl)c(Cl)c3)CC2)c1. The summed E-state index contributed by atoms with van der Waals surface area (Å²) in [5, 5.41) is 0.810. The van der Waals surface area contributed by atoms with Gasteiger partial charge >= 0.3 is 0 Å². The van der Waals surface area contributed by atoms with Crippen molar-refractivity contribution < 1.29 is 19.1 Å². The van der Waals surface area contributed by atoms with Gasteiger partial charge in [0, 0.05) is 31.0 Å². The first kappa shape index (κ1) is 22.4. The molecule has 30 heavy (non-hydrogen) atoms. The third kappa shape index (κ3) is 5.27. The van der Waals surface area contributed by atoms with Gasteiger partial charge in [0.15, 0.2) is 5.78 Å². The van der Waals surface area contributed by atoms with Crippen molar-refractivity contribution in [1.82, 2.24) is 4.90 Å². The van der Waals surface area contributed by atoms with Gasteiger partial charge in [-0.3, -0.25) is 9.59 Å². The topological polar surface area (TPSA) is 55.8 Å². The van der Waals surface area contributed by atoms with Crippen molar-refractivity contribution >= 4 is 34.9 Å². The molecule has 1 heterocycles. The van der Waals surface area contributed by atoms with Crippen LogP contribution >= 0.6 is 23.2 Å². The van der Waals surface area contributed by atoms with Crippen LogP contribution in [0, 0.1) is 5.92 Å². The number of amides is 1. The van der Waals surface area contributed by atoms with Crippen molar-refractivity contribution in [2.75, 3.05) is 27.3 Å². The van der Waals surface area contributed by atoms with Crippen molar-refractivity contribution in [3.8, 4) is 11.5 Å². The van der Waals surface area contributed by atoms with Crippen LogP contribution in [0.4, 0.5) is 0 Å². The van der Waals surface area contributed by atoms with Crippen LogP contribution in [-0.4, -0.2) is 43.9 Å². The summed E-state index contributed by atoms with van der Waals surface area (Å²) in [6.07, 6.45) is 2.25. The van der Waals surface area contributed by atoms with E-state index in [1.165, 1.54) is 0 Å². The zero-order valence-electron chi connectivity index (χ0n) is 17.1. The van der Waals surface area contributed by atoms with E-state index in [-0.39, 0.29) is 17.6 Å². The molecule has 1 aliphatic heterocycles. The van der Waals surface area contributed by atoms with Crippen LogP contribution in [0.2, 0.25) is 10.0 Å². The van der Waals surface area contributed by atoms with Crippen LogP contribution in [0.25, 0.3) is 0 Å². The molecule has 0 unspecified atom stereocenters. The number of benzene rings is 2. The molecule has 0 atom stereocenters. The van der Waals surface area contributed by atoms with Crippen molar-refractivity contribution in [1.29, 1.82) is 0 Å². The summed E-state index contributed by atoms with van der Waals surface area (Å²) in [4.78, 5) is 27.3. The predicted molar refractivity (Wildman–Crippen MR) is 118 cm³/mol. The fourth-order valence-corrected chi connectivity index (χ4v) is 4.05. The molecular formula is C23H25Cl2NO4. The zero-order valence-corrected chi connectivity index (χ0v) is 18.6. The molecule has 0 bridgehead atoms. The number of methoxy groups -OCH3 is 2. The monoisotopic (exact) mass is 449 g/mol. The van der Waals surface area contributed by atoms with Gasteiger partial charge in [0.25, 0.3) is 0 Å². The summed E-state index contributed by atoms with van der Waals surface area (Å²) in [6.45, 7) is 1.15. The minimum atomic E-state index is -0.107. The highest BCUT2D eigenvalue weighted by Gasteiger charge is 2.28. The van der Waals surface area contributed by atoms with E-state index in [0.717, 1.165) is 17.1 Å². The predicted octanol–water partition coefficient (Wildman–Crippen LogP) is 5.06. The summed E-state index contributed by atoms with van der Waals surface area (Å²) in [5.74, 6) is 1.52. The Kier molecular flexibility index (Phi) is 7.62. The maximum absolute atomic E-state index is 12.8. The van der Waals surface area contributed by atoms with Gasteiger partial charge in [-0.25, -0.2) is 0 Å². The molecule has 2 aromatic carbocycles. The average Bonchev–Trinajstić information content (AvgIpc) is 2.78. The van der Waals surface area contributed by atoms with Crippen molar-refractivity contribution in [3.63, 3.8) is 0 Å². The van der Waals surface area contributed by atoms with E-state index >= 15 is 0 Å². The zero-order chi connectivity index (χ0) is 21.7. The minimum absolute atomic E-state index is 0.0572. The van der Waals surface area contributed by atoms with Crippen LogP contribution in [0.3, 0.4) is 0 Å². The first-order valence-electron chi connectivity index (χ1n) is 9.91. The van der Waals surface area contributed by atoms with Gasteiger partial charge in [-0.1, -0.05) is 23.2 Å². The molecule has 0 spiro atoms. The molecule has 1 aliphatic rings. The van der Waals surface area contributed by atoms with Crippen LogP contribution < -0.4 is 9.47 Å². The van der Waals surface area contributed by atoms with Crippen LogP contribution in [0.1, 0.15) is 35.2 Å². The second-order valence-corrected chi connectivity index (χ2v) is 8.14. The molecule has 0 saturated carbocycles. The normalized spacial score (nSPS) is 14.5. The maximum Gasteiger partial charge on any atom is 0.222 e. The van der Waals surface area contributed by atoms with E-state index in [1.54, 1.807) is 32.4 Å². The van der Waals surface area contributed by atoms with Gasteiger partial charge in [-0.2, -0.15) is 0 Å². The highest BCUT2D eigenvalue weighted by Crippen LogP contribution is 2.28. The lowest BCUT2D eigenvalue weighted by Gasteiger charge is -2.31. The molecule has 1 saturated heterocycles. The molecule has 0 radical (unpaired) electrons. The number of piperidine rings is 1. The fraction of sp³-hybridized carbons (Fsp3) is 0.391. The van der Waals surface area contributed by atoms with Crippen LogP contribution in [0.15, 0.2) is 36.4 Å². The standard InChI is InChI=1S/C23H25Cl2NO4/c1-29-18-5-7-21(30-2)16(13-18)4-8-22(27)26-11-9-15(10-12-26)23(28)17-3-6-19(24)20(25)14-17/h3,5-7,13-15H,4,8-12H2,1-2H3. The lowest BCUT2D eigenvalue weighted by Crippen LogP contribution is -2.40. The number of Topliss-reactive ketones (excluding diaryl/α,β-unsaturated/α-hetero) is 1. The van der Waals surface area contributed by atoms with E-state index in [4.69, 9.17) is 32.7 Å². The quantitative estimate of drug-likeness (QED) is 0.553.